The number of aromatic nitrogens is 3. The van der Waals surface area contributed by atoms with Gasteiger partial charge in [0.25, 0.3) is 0 Å². The van der Waals surface area contributed by atoms with Crippen molar-refractivity contribution in [2.45, 2.75) is 47.2 Å². The molecule has 3 aromatic rings. The fraction of sp³-hybridized carbons (Fsp3) is 0.421. The van der Waals surface area contributed by atoms with E-state index in [1.165, 1.54) is 33.3 Å². The number of rotatable bonds is 6. The fourth-order valence-electron chi connectivity index (χ4n) is 3.23. The van der Waals surface area contributed by atoms with Crippen LogP contribution in [-0.2, 0) is 19.5 Å². The third-order valence-electron chi connectivity index (χ3n) is 4.63. The summed E-state index contributed by atoms with van der Waals surface area (Å²) < 4.78 is 2.08. The van der Waals surface area contributed by atoms with Crippen molar-refractivity contribution in [3.8, 4) is 0 Å². The molecule has 0 aliphatic heterocycles. The lowest BCUT2D eigenvalue weighted by Crippen LogP contribution is -2.17. The van der Waals surface area contributed by atoms with Crippen LogP contribution in [0.3, 0.4) is 0 Å². The van der Waals surface area contributed by atoms with Gasteiger partial charge in [-0.05, 0) is 58.4 Å². The van der Waals surface area contributed by atoms with Crippen molar-refractivity contribution in [1.29, 1.82) is 0 Å². The minimum absolute atomic E-state index is 0.888. The molecule has 0 atom stereocenters. The van der Waals surface area contributed by atoms with Crippen molar-refractivity contribution in [3.63, 3.8) is 0 Å². The highest BCUT2D eigenvalue weighted by Gasteiger charge is 2.10. The molecule has 0 amide bonds. The normalized spacial score (nSPS) is 11.5. The molecule has 0 bridgehead atoms. The van der Waals surface area contributed by atoms with E-state index in [1.54, 1.807) is 0 Å². The average molecular weight is 310 g/mol. The van der Waals surface area contributed by atoms with Gasteiger partial charge in [0.2, 0.25) is 0 Å². The van der Waals surface area contributed by atoms with Gasteiger partial charge in [0.1, 0.15) is 0 Å². The topological polar surface area (TPSA) is 45.6 Å². The number of nitrogens with one attached hydrogen (secondary N) is 2. The van der Waals surface area contributed by atoms with Crippen LogP contribution in [0, 0.1) is 20.8 Å². The second-order valence-electron chi connectivity index (χ2n) is 6.25. The maximum Gasteiger partial charge on any atom is 0.0641 e. The molecule has 0 aliphatic rings. The van der Waals surface area contributed by atoms with Crippen LogP contribution < -0.4 is 5.32 Å². The van der Waals surface area contributed by atoms with E-state index in [4.69, 9.17) is 0 Å². The lowest BCUT2D eigenvalue weighted by molar-refractivity contribution is 0.630. The Morgan fingerprint density at radius 3 is 2.78 bits per heavy atom. The SMILES string of the molecule is CCn1nc(C)c(CNCCc2c[nH]c3ccc(C)cc23)c1C. The van der Waals surface area contributed by atoms with Crippen molar-refractivity contribution in [1.82, 2.24) is 20.1 Å². The number of aromatic amines is 1. The summed E-state index contributed by atoms with van der Waals surface area (Å²) in [5.74, 6) is 0. The highest BCUT2D eigenvalue weighted by atomic mass is 15.3. The van der Waals surface area contributed by atoms with Gasteiger partial charge in [-0.1, -0.05) is 11.6 Å². The number of H-pyrrole nitrogens is 1. The van der Waals surface area contributed by atoms with E-state index in [0.717, 1.165) is 31.7 Å². The van der Waals surface area contributed by atoms with E-state index in [2.05, 4.69) is 72.2 Å². The lowest BCUT2D eigenvalue weighted by Gasteiger charge is -2.06. The van der Waals surface area contributed by atoms with Crippen LogP contribution >= 0.6 is 0 Å². The summed E-state index contributed by atoms with van der Waals surface area (Å²) in [5, 5.41) is 9.50. The molecule has 0 spiro atoms. The second-order valence-corrected chi connectivity index (χ2v) is 6.25. The molecule has 2 aromatic heterocycles. The van der Waals surface area contributed by atoms with E-state index < -0.39 is 0 Å². The molecule has 2 heterocycles. The van der Waals surface area contributed by atoms with Gasteiger partial charge in [0, 0.05) is 41.4 Å². The lowest BCUT2D eigenvalue weighted by atomic mass is 10.1. The third-order valence-corrected chi connectivity index (χ3v) is 4.63. The highest BCUT2D eigenvalue weighted by molar-refractivity contribution is 5.83. The molecule has 2 N–H and O–H groups in total. The summed E-state index contributed by atoms with van der Waals surface area (Å²) in [4.78, 5) is 3.36. The number of hydrogen-bond acceptors (Lipinski definition) is 2. The molecule has 1 aromatic carbocycles. The van der Waals surface area contributed by atoms with Crippen LogP contribution in [0.4, 0.5) is 0 Å². The fourth-order valence-corrected chi connectivity index (χ4v) is 3.23. The van der Waals surface area contributed by atoms with Crippen LogP contribution in [0.1, 0.15) is 35.0 Å². The Kier molecular flexibility index (Phi) is 4.53. The molecule has 0 radical (unpaired) electrons. The largest absolute Gasteiger partial charge is 0.361 e. The molecular weight excluding hydrogens is 284 g/mol. The first kappa shape index (κ1) is 15.8. The molecule has 0 saturated carbocycles. The summed E-state index contributed by atoms with van der Waals surface area (Å²) in [6.07, 6.45) is 3.17. The summed E-state index contributed by atoms with van der Waals surface area (Å²) >= 11 is 0. The van der Waals surface area contributed by atoms with Crippen LogP contribution in [0.25, 0.3) is 10.9 Å². The molecule has 0 fully saturated rings. The second kappa shape index (κ2) is 6.59. The minimum Gasteiger partial charge on any atom is -0.361 e. The van der Waals surface area contributed by atoms with Gasteiger partial charge >= 0.3 is 0 Å². The monoisotopic (exact) mass is 310 g/mol. The quantitative estimate of drug-likeness (QED) is 0.683. The molecule has 0 aliphatic carbocycles. The molecule has 0 unspecified atom stereocenters. The third kappa shape index (κ3) is 3.17. The van der Waals surface area contributed by atoms with Crippen molar-refractivity contribution < 1.29 is 0 Å². The van der Waals surface area contributed by atoms with Gasteiger partial charge in [0.15, 0.2) is 0 Å². The zero-order valence-corrected chi connectivity index (χ0v) is 14.5. The Bertz CT molecular complexity index is 810. The molecule has 3 rings (SSSR count). The van der Waals surface area contributed by atoms with Gasteiger partial charge < -0.3 is 10.3 Å². The van der Waals surface area contributed by atoms with Gasteiger partial charge in [0.05, 0.1) is 5.69 Å². The summed E-state index contributed by atoms with van der Waals surface area (Å²) in [7, 11) is 0. The van der Waals surface area contributed by atoms with Crippen molar-refractivity contribution in [2.24, 2.45) is 0 Å². The molecule has 122 valence electrons. The number of benzene rings is 1. The first-order valence-electron chi connectivity index (χ1n) is 8.40. The predicted octanol–water partition coefficient (Wildman–Crippen LogP) is 3.64. The standard InChI is InChI=1S/C19H26N4/c1-5-23-15(4)18(14(3)22-23)12-20-9-8-16-11-21-19-7-6-13(2)10-17(16)19/h6-7,10-11,20-21H,5,8-9,12H2,1-4H3. The van der Waals surface area contributed by atoms with E-state index >= 15 is 0 Å². The van der Waals surface area contributed by atoms with Crippen molar-refractivity contribution in [3.05, 3.63) is 52.5 Å². The maximum atomic E-state index is 4.58. The zero-order chi connectivity index (χ0) is 16.4. The number of nitrogens with zero attached hydrogens (tertiary/aromatic N) is 2. The molecule has 0 saturated heterocycles. The van der Waals surface area contributed by atoms with Crippen LogP contribution in [0.15, 0.2) is 24.4 Å². The first-order valence-corrected chi connectivity index (χ1v) is 8.40. The number of fused-ring (bicyclic) bond motifs is 1. The summed E-state index contributed by atoms with van der Waals surface area (Å²) in [5.41, 5.74) is 7.67. The average Bonchev–Trinajstić information content (AvgIpc) is 3.05. The van der Waals surface area contributed by atoms with Crippen molar-refractivity contribution in [2.75, 3.05) is 6.54 Å². The molecule has 23 heavy (non-hydrogen) atoms. The van der Waals surface area contributed by atoms with E-state index in [0.29, 0.717) is 0 Å². The van der Waals surface area contributed by atoms with Crippen LogP contribution in [0.2, 0.25) is 0 Å². The Balaban J connectivity index is 1.61. The smallest absolute Gasteiger partial charge is 0.0641 e. The number of hydrogen-bond donors (Lipinski definition) is 2. The van der Waals surface area contributed by atoms with Crippen molar-refractivity contribution >= 4 is 10.9 Å². The van der Waals surface area contributed by atoms with Gasteiger partial charge in [-0.15, -0.1) is 0 Å². The summed E-state index contributed by atoms with van der Waals surface area (Å²) in [6, 6.07) is 6.58. The maximum absolute atomic E-state index is 4.58. The molecular formula is C19H26N4. The minimum atomic E-state index is 0.888. The predicted molar refractivity (Wildman–Crippen MR) is 95.8 cm³/mol. The van der Waals surface area contributed by atoms with E-state index in [9.17, 15) is 0 Å². The van der Waals surface area contributed by atoms with Gasteiger partial charge in [-0.2, -0.15) is 5.10 Å². The molecule has 4 nitrogen and oxygen atoms in total. The Labute approximate surface area is 137 Å². The van der Waals surface area contributed by atoms with Gasteiger partial charge in [-0.3, -0.25) is 4.68 Å². The Morgan fingerprint density at radius 2 is 2.04 bits per heavy atom. The highest BCUT2D eigenvalue weighted by Crippen LogP contribution is 2.20. The Hall–Kier alpha value is -2.07. The number of aryl methyl sites for hydroxylation is 3. The van der Waals surface area contributed by atoms with E-state index in [-0.39, 0.29) is 0 Å². The Morgan fingerprint density at radius 1 is 1.22 bits per heavy atom. The van der Waals surface area contributed by atoms with Gasteiger partial charge in [-0.25, -0.2) is 0 Å². The first-order chi connectivity index (χ1) is 11.1. The molecule has 4 heteroatoms. The summed E-state index contributed by atoms with van der Waals surface area (Å²) in [6.45, 7) is 11.3. The zero-order valence-electron chi connectivity index (χ0n) is 14.5. The van der Waals surface area contributed by atoms with Crippen LogP contribution in [0.5, 0.6) is 0 Å². The van der Waals surface area contributed by atoms with Crippen LogP contribution in [-0.4, -0.2) is 21.3 Å². The van der Waals surface area contributed by atoms with E-state index in [1.807, 2.05) is 0 Å².